The number of hydrogen-bond acceptors (Lipinski definition) is 3. The lowest BCUT2D eigenvalue weighted by Gasteiger charge is -2.21. The number of hydrogen-bond donors (Lipinski definition) is 1. The molecule has 0 aliphatic heterocycles. The van der Waals surface area contributed by atoms with Gasteiger partial charge in [0.25, 0.3) is 11.8 Å². The zero-order chi connectivity index (χ0) is 20.1. The minimum Gasteiger partial charge on any atom is -0.322 e. The van der Waals surface area contributed by atoms with Gasteiger partial charge in [-0.1, -0.05) is 35.9 Å². The Labute approximate surface area is 169 Å². The molecule has 1 N–H and O–H groups in total. The van der Waals surface area contributed by atoms with Gasteiger partial charge in [0, 0.05) is 35.3 Å². The Balaban J connectivity index is 1.81. The summed E-state index contributed by atoms with van der Waals surface area (Å²) in [6.07, 6.45) is 2.90. The molecule has 28 heavy (non-hydrogen) atoms. The highest BCUT2D eigenvalue weighted by Crippen LogP contribution is 2.21. The number of aryl methyl sites for hydroxylation is 1. The number of nitrogens with one attached hydrogen (secondary N) is 1. The molecule has 142 valence electrons. The van der Waals surface area contributed by atoms with Crippen molar-refractivity contribution >= 4 is 34.8 Å². The van der Waals surface area contributed by atoms with E-state index in [-0.39, 0.29) is 11.8 Å². The van der Waals surface area contributed by atoms with Crippen molar-refractivity contribution in [3.05, 3.63) is 88.7 Å². The molecular formula is C22H20ClN3O2. The number of rotatable bonds is 5. The van der Waals surface area contributed by atoms with Gasteiger partial charge >= 0.3 is 0 Å². The predicted octanol–water partition coefficient (Wildman–Crippen LogP) is 4.96. The van der Waals surface area contributed by atoms with Crippen molar-refractivity contribution in [1.29, 1.82) is 0 Å². The van der Waals surface area contributed by atoms with E-state index >= 15 is 0 Å². The average molecular weight is 394 g/mol. The van der Waals surface area contributed by atoms with Crippen LogP contribution in [0.2, 0.25) is 5.02 Å². The first-order valence-electron chi connectivity index (χ1n) is 8.89. The lowest BCUT2D eigenvalue weighted by Crippen LogP contribution is -2.31. The van der Waals surface area contributed by atoms with E-state index in [0.29, 0.717) is 28.4 Å². The van der Waals surface area contributed by atoms with Crippen LogP contribution in [0.25, 0.3) is 0 Å². The van der Waals surface area contributed by atoms with Crippen molar-refractivity contribution in [3.63, 3.8) is 0 Å². The Kier molecular flexibility index (Phi) is 6.06. The van der Waals surface area contributed by atoms with Gasteiger partial charge < -0.3 is 10.2 Å². The fourth-order valence-corrected chi connectivity index (χ4v) is 2.94. The molecule has 0 aliphatic carbocycles. The Morgan fingerprint density at radius 3 is 2.43 bits per heavy atom. The Morgan fingerprint density at radius 1 is 1.04 bits per heavy atom. The van der Waals surface area contributed by atoms with E-state index in [1.165, 1.54) is 12.4 Å². The van der Waals surface area contributed by atoms with E-state index in [9.17, 15) is 9.59 Å². The maximum atomic E-state index is 12.9. The zero-order valence-corrected chi connectivity index (χ0v) is 16.4. The second-order valence-corrected chi connectivity index (χ2v) is 6.67. The summed E-state index contributed by atoms with van der Waals surface area (Å²) in [6, 6.07) is 16.2. The van der Waals surface area contributed by atoms with Gasteiger partial charge in [0.2, 0.25) is 0 Å². The average Bonchev–Trinajstić information content (AvgIpc) is 2.72. The molecule has 0 fully saturated rings. The van der Waals surface area contributed by atoms with E-state index in [0.717, 1.165) is 11.3 Å². The first-order chi connectivity index (χ1) is 13.5. The minimum atomic E-state index is -0.357. The van der Waals surface area contributed by atoms with Crippen LogP contribution >= 0.6 is 11.6 Å². The van der Waals surface area contributed by atoms with Crippen molar-refractivity contribution in [3.8, 4) is 0 Å². The summed E-state index contributed by atoms with van der Waals surface area (Å²) in [5, 5.41) is 3.35. The van der Waals surface area contributed by atoms with Crippen molar-refractivity contribution in [1.82, 2.24) is 4.98 Å². The Morgan fingerprint density at radius 2 is 1.75 bits per heavy atom. The molecule has 6 heteroatoms. The van der Waals surface area contributed by atoms with E-state index < -0.39 is 0 Å². The summed E-state index contributed by atoms with van der Waals surface area (Å²) < 4.78 is 0. The first-order valence-corrected chi connectivity index (χ1v) is 9.27. The van der Waals surface area contributed by atoms with Gasteiger partial charge in [-0.15, -0.1) is 0 Å². The van der Waals surface area contributed by atoms with Gasteiger partial charge in [-0.25, -0.2) is 0 Å². The smallest absolute Gasteiger partial charge is 0.259 e. The number of benzene rings is 2. The number of amides is 2. The molecule has 1 aromatic heterocycles. The summed E-state index contributed by atoms with van der Waals surface area (Å²) in [7, 11) is 0. The van der Waals surface area contributed by atoms with Crippen LogP contribution in [0.3, 0.4) is 0 Å². The lowest BCUT2D eigenvalue weighted by atomic mass is 10.1. The van der Waals surface area contributed by atoms with Crippen LogP contribution in [-0.2, 0) is 0 Å². The largest absolute Gasteiger partial charge is 0.322 e. The van der Waals surface area contributed by atoms with Crippen LogP contribution < -0.4 is 10.2 Å². The predicted molar refractivity (Wildman–Crippen MR) is 112 cm³/mol. The van der Waals surface area contributed by atoms with Crippen LogP contribution in [-0.4, -0.2) is 23.3 Å². The second kappa shape index (κ2) is 8.67. The van der Waals surface area contributed by atoms with Crippen molar-refractivity contribution in [2.45, 2.75) is 13.8 Å². The second-order valence-electron chi connectivity index (χ2n) is 6.27. The minimum absolute atomic E-state index is 0.214. The molecule has 3 rings (SSSR count). The van der Waals surface area contributed by atoms with Crippen LogP contribution in [0.5, 0.6) is 0 Å². The highest BCUT2D eigenvalue weighted by Gasteiger charge is 2.18. The molecule has 0 aliphatic rings. The van der Waals surface area contributed by atoms with Crippen LogP contribution in [0.4, 0.5) is 11.4 Å². The molecule has 0 atom stereocenters. The van der Waals surface area contributed by atoms with Gasteiger partial charge in [0.1, 0.15) is 0 Å². The van der Waals surface area contributed by atoms with Crippen molar-refractivity contribution in [2.75, 3.05) is 16.8 Å². The number of pyridine rings is 1. The molecule has 1 heterocycles. The van der Waals surface area contributed by atoms with Gasteiger partial charge in [0.15, 0.2) is 0 Å². The monoisotopic (exact) mass is 393 g/mol. The quantitative estimate of drug-likeness (QED) is 0.666. The molecule has 0 spiro atoms. The summed E-state index contributed by atoms with van der Waals surface area (Å²) in [5.41, 5.74) is 2.94. The van der Waals surface area contributed by atoms with Crippen LogP contribution in [0.1, 0.15) is 33.2 Å². The van der Waals surface area contributed by atoms with Gasteiger partial charge in [-0.2, -0.15) is 0 Å². The van der Waals surface area contributed by atoms with E-state index in [4.69, 9.17) is 11.6 Å². The molecule has 0 saturated carbocycles. The number of nitrogens with zero attached hydrogens (tertiary/aromatic N) is 2. The molecule has 2 amide bonds. The van der Waals surface area contributed by atoms with E-state index in [1.54, 1.807) is 23.1 Å². The Hall–Kier alpha value is -3.18. The van der Waals surface area contributed by atoms with E-state index in [1.807, 2.05) is 50.2 Å². The van der Waals surface area contributed by atoms with Gasteiger partial charge in [-0.05, 0) is 49.7 Å². The van der Waals surface area contributed by atoms with Crippen molar-refractivity contribution < 1.29 is 9.59 Å². The molecule has 3 aromatic rings. The maximum absolute atomic E-state index is 12.9. The fraction of sp³-hybridized carbons (Fsp3) is 0.136. The van der Waals surface area contributed by atoms with Crippen LogP contribution in [0.15, 0.2) is 67.0 Å². The third-order valence-corrected chi connectivity index (χ3v) is 4.71. The number of carbonyl (C=O) groups excluding carboxylic acids is 2. The summed E-state index contributed by atoms with van der Waals surface area (Å²) in [5.74, 6) is -0.570. The summed E-state index contributed by atoms with van der Waals surface area (Å²) in [4.78, 5) is 31.2. The standard InChI is InChI=1S/C22H20ClN3O2/c1-3-26(19-7-5-4-6-8-19)22(28)17-11-16(13-24-14-17)21(27)25-18-10-9-15(2)20(23)12-18/h4-14H,3H2,1-2H3,(H,25,27). The molecule has 0 radical (unpaired) electrons. The Bertz CT molecular complexity index is 1010. The van der Waals surface area contributed by atoms with Gasteiger partial charge in [0.05, 0.1) is 11.1 Å². The van der Waals surface area contributed by atoms with E-state index in [2.05, 4.69) is 10.3 Å². The molecule has 0 bridgehead atoms. The normalized spacial score (nSPS) is 10.4. The molecule has 0 saturated heterocycles. The number of halogens is 1. The maximum Gasteiger partial charge on any atom is 0.259 e. The third-order valence-electron chi connectivity index (χ3n) is 4.31. The number of para-hydroxylation sites is 1. The number of anilines is 2. The molecular weight excluding hydrogens is 374 g/mol. The van der Waals surface area contributed by atoms with Crippen LogP contribution in [0, 0.1) is 6.92 Å². The highest BCUT2D eigenvalue weighted by atomic mass is 35.5. The molecule has 0 unspecified atom stereocenters. The number of carbonyl (C=O) groups is 2. The highest BCUT2D eigenvalue weighted by molar-refractivity contribution is 6.31. The summed E-state index contributed by atoms with van der Waals surface area (Å²) in [6.45, 7) is 4.29. The first kappa shape index (κ1) is 19.6. The molecule has 5 nitrogen and oxygen atoms in total. The fourth-order valence-electron chi connectivity index (χ4n) is 2.76. The third kappa shape index (κ3) is 4.38. The topological polar surface area (TPSA) is 62.3 Å². The van der Waals surface area contributed by atoms with Crippen molar-refractivity contribution in [2.24, 2.45) is 0 Å². The SMILES string of the molecule is CCN(C(=O)c1cncc(C(=O)Nc2ccc(C)c(Cl)c2)c1)c1ccccc1. The molecule has 2 aromatic carbocycles. The summed E-state index contributed by atoms with van der Waals surface area (Å²) >= 11 is 6.11. The van der Waals surface area contributed by atoms with Gasteiger partial charge in [-0.3, -0.25) is 14.6 Å². The number of aromatic nitrogens is 1. The zero-order valence-electron chi connectivity index (χ0n) is 15.6. The lowest BCUT2D eigenvalue weighted by molar-refractivity contribution is 0.0988.